The maximum absolute atomic E-state index is 14.4. The Bertz CT molecular complexity index is 779. The number of halogens is 1. The summed E-state index contributed by atoms with van der Waals surface area (Å²) < 4.78 is 24.9. The zero-order valence-electron chi connectivity index (χ0n) is 15.5. The van der Waals surface area contributed by atoms with Gasteiger partial charge in [-0.15, -0.1) is 0 Å². The molecule has 0 amide bonds. The third kappa shape index (κ3) is 5.09. The monoisotopic (exact) mass is 357 g/mol. The molecule has 4 nitrogen and oxygen atoms in total. The van der Waals surface area contributed by atoms with Crippen molar-refractivity contribution in [2.45, 2.75) is 32.4 Å². The molecule has 1 N–H and O–H groups in total. The average Bonchev–Trinajstić information content (AvgIpc) is 2.59. The summed E-state index contributed by atoms with van der Waals surface area (Å²) in [5.74, 6) is -0.307. The molecule has 0 heterocycles. The van der Waals surface area contributed by atoms with E-state index in [1.807, 2.05) is 0 Å². The Hall–Kier alpha value is -2.82. The lowest BCUT2D eigenvalue weighted by molar-refractivity contribution is -0.150. The van der Waals surface area contributed by atoms with E-state index in [9.17, 15) is 9.18 Å². The average molecular weight is 357 g/mol. The van der Waals surface area contributed by atoms with Crippen molar-refractivity contribution >= 4 is 11.7 Å². The number of carbonyl (C=O) groups is 1. The van der Waals surface area contributed by atoms with Crippen molar-refractivity contribution in [3.63, 3.8) is 0 Å². The second kappa shape index (κ2) is 8.04. The fraction of sp³-hybridized carbons (Fsp3) is 0.286. The van der Waals surface area contributed by atoms with Crippen LogP contribution in [0.15, 0.2) is 60.7 Å². The number of benzene rings is 2. The van der Waals surface area contributed by atoms with Crippen molar-refractivity contribution in [2.24, 2.45) is 0 Å². The van der Waals surface area contributed by atoms with Gasteiger partial charge in [-0.3, -0.25) is 0 Å². The molecular formula is C21H24FNO3. The van der Waals surface area contributed by atoms with Gasteiger partial charge in [-0.1, -0.05) is 24.8 Å². The summed E-state index contributed by atoms with van der Waals surface area (Å²) in [5.41, 5.74) is 0.476. The fourth-order valence-corrected chi connectivity index (χ4v) is 2.38. The van der Waals surface area contributed by atoms with Crippen LogP contribution in [0.1, 0.15) is 32.4 Å². The van der Waals surface area contributed by atoms with Crippen LogP contribution in [0.5, 0.6) is 5.75 Å². The van der Waals surface area contributed by atoms with E-state index in [4.69, 9.17) is 9.47 Å². The third-order valence-corrected chi connectivity index (χ3v) is 3.63. The van der Waals surface area contributed by atoms with E-state index < -0.39 is 23.4 Å². The largest absolute Gasteiger partial charge is 0.497 e. The van der Waals surface area contributed by atoms with Gasteiger partial charge in [0.2, 0.25) is 0 Å². The predicted molar refractivity (Wildman–Crippen MR) is 101 cm³/mol. The number of hydrogen-bond acceptors (Lipinski definition) is 4. The SMILES string of the molecule is C=C(C(=O)OC(C)(C)C)C(Nc1ccc(OC)cc1)c1ccccc1F. The molecule has 26 heavy (non-hydrogen) atoms. The summed E-state index contributed by atoms with van der Waals surface area (Å²) in [6, 6.07) is 12.6. The number of methoxy groups -OCH3 is 1. The van der Waals surface area contributed by atoms with Gasteiger partial charge < -0.3 is 14.8 Å². The Labute approximate surface area is 153 Å². The summed E-state index contributed by atoms with van der Waals surface area (Å²) in [6.07, 6.45) is 0. The van der Waals surface area contributed by atoms with Crippen molar-refractivity contribution in [1.82, 2.24) is 0 Å². The molecule has 0 bridgehead atoms. The number of hydrogen-bond donors (Lipinski definition) is 1. The topological polar surface area (TPSA) is 47.6 Å². The lowest BCUT2D eigenvalue weighted by atomic mass is 9.98. The van der Waals surface area contributed by atoms with Gasteiger partial charge in [0.1, 0.15) is 17.2 Å². The van der Waals surface area contributed by atoms with Crippen molar-refractivity contribution in [3.05, 3.63) is 72.1 Å². The minimum atomic E-state index is -0.764. The smallest absolute Gasteiger partial charge is 0.336 e. The van der Waals surface area contributed by atoms with Gasteiger partial charge in [-0.2, -0.15) is 0 Å². The highest BCUT2D eigenvalue weighted by molar-refractivity contribution is 5.90. The van der Waals surface area contributed by atoms with Crippen molar-refractivity contribution < 1.29 is 18.7 Å². The van der Waals surface area contributed by atoms with Crippen LogP contribution in [0.25, 0.3) is 0 Å². The summed E-state index contributed by atoms with van der Waals surface area (Å²) in [7, 11) is 1.58. The predicted octanol–water partition coefficient (Wildman–Crippen LogP) is 4.89. The highest BCUT2D eigenvalue weighted by Crippen LogP contribution is 2.30. The maximum Gasteiger partial charge on any atom is 0.336 e. The van der Waals surface area contributed by atoms with Crippen LogP contribution in [0.3, 0.4) is 0 Å². The molecule has 0 aliphatic carbocycles. The molecule has 0 fully saturated rings. The van der Waals surface area contributed by atoms with Gasteiger partial charge >= 0.3 is 5.97 Å². The molecule has 0 aromatic heterocycles. The first-order valence-corrected chi connectivity index (χ1v) is 8.28. The molecule has 1 unspecified atom stereocenters. The van der Waals surface area contributed by atoms with Gasteiger partial charge in [0.25, 0.3) is 0 Å². The number of rotatable bonds is 6. The second-order valence-corrected chi connectivity index (χ2v) is 6.85. The first-order chi connectivity index (χ1) is 12.2. The molecule has 2 aromatic rings. The first-order valence-electron chi connectivity index (χ1n) is 8.28. The second-order valence-electron chi connectivity index (χ2n) is 6.85. The van der Waals surface area contributed by atoms with Crippen LogP contribution in [0.4, 0.5) is 10.1 Å². The lowest BCUT2D eigenvalue weighted by Gasteiger charge is -2.26. The normalized spacial score (nSPS) is 12.2. The molecule has 138 valence electrons. The molecule has 1 atom stereocenters. The number of anilines is 1. The van der Waals surface area contributed by atoms with E-state index in [0.29, 0.717) is 17.0 Å². The molecule has 0 spiro atoms. The molecule has 0 aliphatic heterocycles. The molecule has 0 aliphatic rings. The Morgan fingerprint density at radius 1 is 1.12 bits per heavy atom. The lowest BCUT2D eigenvalue weighted by Crippen LogP contribution is -2.28. The van der Waals surface area contributed by atoms with E-state index in [0.717, 1.165) is 0 Å². The van der Waals surface area contributed by atoms with Gasteiger partial charge in [0.15, 0.2) is 0 Å². The summed E-state index contributed by atoms with van der Waals surface area (Å²) in [4.78, 5) is 12.5. The third-order valence-electron chi connectivity index (χ3n) is 3.63. The highest BCUT2D eigenvalue weighted by atomic mass is 19.1. The number of ether oxygens (including phenoxy) is 2. The van der Waals surface area contributed by atoms with Crippen molar-refractivity contribution in [1.29, 1.82) is 0 Å². The number of carbonyl (C=O) groups excluding carboxylic acids is 1. The van der Waals surface area contributed by atoms with Gasteiger partial charge in [-0.05, 0) is 51.1 Å². The van der Waals surface area contributed by atoms with Crippen LogP contribution in [-0.2, 0) is 9.53 Å². The Balaban J connectivity index is 2.34. The molecular weight excluding hydrogens is 333 g/mol. The van der Waals surface area contributed by atoms with E-state index in [1.54, 1.807) is 70.3 Å². The maximum atomic E-state index is 14.4. The van der Waals surface area contributed by atoms with Gasteiger partial charge in [0, 0.05) is 11.3 Å². The van der Waals surface area contributed by atoms with Gasteiger partial charge in [0.05, 0.1) is 18.7 Å². The highest BCUT2D eigenvalue weighted by Gasteiger charge is 2.27. The summed E-state index contributed by atoms with van der Waals surface area (Å²) in [5, 5.41) is 3.16. The van der Waals surface area contributed by atoms with Crippen LogP contribution in [0.2, 0.25) is 0 Å². The summed E-state index contributed by atoms with van der Waals surface area (Å²) >= 11 is 0. The van der Waals surface area contributed by atoms with Crippen molar-refractivity contribution in [3.8, 4) is 5.75 Å². The van der Waals surface area contributed by atoms with Crippen LogP contribution < -0.4 is 10.1 Å². The Morgan fingerprint density at radius 2 is 1.73 bits per heavy atom. The van der Waals surface area contributed by atoms with E-state index in [1.165, 1.54) is 6.07 Å². The zero-order valence-corrected chi connectivity index (χ0v) is 15.5. The molecule has 0 saturated heterocycles. The molecule has 5 heteroatoms. The van der Waals surface area contributed by atoms with Crippen LogP contribution in [0, 0.1) is 5.82 Å². The van der Waals surface area contributed by atoms with Crippen molar-refractivity contribution in [2.75, 3.05) is 12.4 Å². The van der Waals surface area contributed by atoms with Crippen LogP contribution >= 0.6 is 0 Å². The van der Waals surface area contributed by atoms with Crippen LogP contribution in [-0.4, -0.2) is 18.7 Å². The Kier molecular flexibility index (Phi) is 6.03. The number of nitrogens with one attached hydrogen (secondary N) is 1. The van der Waals surface area contributed by atoms with E-state index >= 15 is 0 Å². The standard InChI is InChI=1S/C21H24FNO3/c1-14(20(24)26-21(2,3)4)19(17-8-6-7-9-18(17)22)23-15-10-12-16(25-5)13-11-15/h6-13,19,23H,1H2,2-5H3. The minimum absolute atomic E-state index is 0.126. The van der Waals surface area contributed by atoms with E-state index in [-0.39, 0.29) is 5.57 Å². The molecule has 0 radical (unpaired) electrons. The minimum Gasteiger partial charge on any atom is -0.497 e. The first kappa shape index (κ1) is 19.5. The summed E-state index contributed by atoms with van der Waals surface area (Å²) in [6.45, 7) is 9.17. The zero-order chi connectivity index (χ0) is 19.3. The van der Waals surface area contributed by atoms with Gasteiger partial charge in [-0.25, -0.2) is 9.18 Å². The quantitative estimate of drug-likeness (QED) is 0.591. The molecule has 2 aromatic carbocycles. The Morgan fingerprint density at radius 3 is 2.27 bits per heavy atom. The number of esters is 1. The fourth-order valence-electron chi connectivity index (χ4n) is 2.38. The molecule has 2 rings (SSSR count). The van der Waals surface area contributed by atoms with E-state index in [2.05, 4.69) is 11.9 Å². The molecule has 0 saturated carbocycles.